The van der Waals surface area contributed by atoms with Gasteiger partial charge in [0.1, 0.15) is 17.7 Å². The molecule has 5 rings (SSSR count). The summed E-state index contributed by atoms with van der Waals surface area (Å²) in [6, 6.07) is 7.28. The molecule has 0 radical (unpaired) electrons. The summed E-state index contributed by atoms with van der Waals surface area (Å²) in [7, 11) is 0. The number of hydrogen-bond donors (Lipinski definition) is 3. The summed E-state index contributed by atoms with van der Waals surface area (Å²) in [6.45, 7) is 0.200. The molecule has 3 N–H and O–H groups in total. The lowest BCUT2D eigenvalue weighted by Gasteiger charge is -2.38. The number of amides is 5. The highest BCUT2D eigenvalue weighted by Crippen LogP contribution is 2.33. The maximum atomic E-state index is 14.4. The number of nitrogens with one attached hydrogen (secondary N) is 3. The molecule has 1 atom stereocenters. The summed E-state index contributed by atoms with van der Waals surface area (Å²) < 4.78 is 27.8. The number of hydrogen-bond acceptors (Lipinski definition) is 4. The molecule has 2 aromatic rings. The Labute approximate surface area is 212 Å². The van der Waals surface area contributed by atoms with Gasteiger partial charge in [0.05, 0.1) is 0 Å². The fraction of sp³-hybridized carbons (Fsp3) is 0.407. The van der Waals surface area contributed by atoms with E-state index in [1.54, 1.807) is 18.2 Å². The van der Waals surface area contributed by atoms with Crippen molar-refractivity contribution in [2.24, 2.45) is 0 Å². The van der Waals surface area contributed by atoms with E-state index < -0.39 is 35.2 Å². The Hall–Kier alpha value is -3.82. The molecule has 194 valence electrons. The number of fused-ring (bicyclic) bond motifs is 1. The third kappa shape index (κ3) is 5.19. The largest absolute Gasteiger partial charge is 0.332 e. The monoisotopic (exact) mass is 510 g/mol. The van der Waals surface area contributed by atoms with E-state index in [9.17, 15) is 28.0 Å². The van der Waals surface area contributed by atoms with Gasteiger partial charge in [0.2, 0.25) is 11.8 Å². The maximum Gasteiger partial charge on any atom is 0.319 e. The van der Waals surface area contributed by atoms with Gasteiger partial charge in [-0.05, 0) is 61.1 Å². The van der Waals surface area contributed by atoms with E-state index in [1.807, 2.05) is 0 Å². The van der Waals surface area contributed by atoms with Crippen LogP contribution in [0.25, 0.3) is 0 Å². The van der Waals surface area contributed by atoms with Crippen molar-refractivity contribution in [3.8, 4) is 0 Å². The van der Waals surface area contributed by atoms with Crippen LogP contribution in [0, 0.1) is 11.6 Å². The number of carbonyl (C=O) groups is 4. The number of carbonyl (C=O) groups excluding carboxylic acids is 4. The molecule has 2 fully saturated rings. The summed E-state index contributed by atoms with van der Waals surface area (Å²) in [5.74, 6) is -2.39. The molecule has 1 unspecified atom stereocenters. The molecule has 3 aliphatic rings. The lowest BCUT2D eigenvalue weighted by atomic mass is 9.77. The third-order valence-corrected chi connectivity index (χ3v) is 7.51. The van der Waals surface area contributed by atoms with Gasteiger partial charge in [-0.15, -0.1) is 0 Å². The van der Waals surface area contributed by atoms with Crippen LogP contribution in [0.4, 0.5) is 19.3 Å². The highest BCUT2D eigenvalue weighted by Gasteiger charge is 2.39. The summed E-state index contributed by atoms with van der Waals surface area (Å²) in [6.07, 6.45) is 4.86. The topological polar surface area (TPSA) is 108 Å². The Bertz CT molecular complexity index is 1280. The highest BCUT2D eigenvalue weighted by molar-refractivity contribution is 6.05. The predicted molar refractivity (Wildman–Crippen MR) is 131 cm³/mol. The first-order valence-electron chi connectivity index (χ1n) is 12.5. The smallest absolute Gasteiger partial charge is 0.319 e. The van der Waals surface area contributed by atoms with Gasteiger partial charge in [-0.1, -0.05) is 25.3 Å². The minimum Gasteiger partial charge on any atom is -0.332 e. The van der Waals surface area contributed by atoms with Crippen LogP contribution in [0.1, 0.15) is 66.4 Å². The summed E-state index contributed by atoms with van der Waals surface area (Å²) in [5, 5.41) is 8.14. The van der Waals surface area contributed by atoms with Crippen molar-refractivity contribution in [3.63, 3.8) is 0 Å². The lowest BCUT2D eigenvalue weighted by molar-refractivity contribution is -0.136. The molecule has 0 spiro atoms. The Kier molecular flexibility index (Phi) is 6.66. The molecule has 37 heavy (non-hydrogen) atoms. The van der Waals surface area contributed by atoms with Crippen LogP contribution in [-0.4, -0.2) is 40.2 Å². The van der Waals surface area contributed by atoms with E-state index >= 15 is 0 Å². The molecule has 1 saturated heterocycles. The fourth-order valence-electron chi connectivity index (χ4n) is 5.66. The first kappa shape index (κ1) is 24.9. The molecule has 2 aromatic carbocycles. The first-order valence-corrected chi connectivity index (χ1v) is 12.5. The number of benzene rings is 2. The van der Waals surface area contributed by atoms with Gasteiger partial charge in [-0.2, -0.15) is 0 Å². The Morgan fingerprint density at radius 2 is 1.84 bits per heavy atom. The lowest BCUT2D eigenvalue weighted by Crippen LogP contribution is -2.52. The molecule has 2 heterocycles. The number of halogens is 2. The van der Waals surface area contributed by atoms with Crippen LogP contribution >= 0.6 is 0 Å². The normalized spacial score (nSPS) is 20.9. The van der Waals surface area contributed by atoms with Crippen LogP contribution in [-0.2, 0) is 22.6 Å². The van der Waals surface area contributed by atoms with Gasteiger partial charge in [-0.25, -0.2) is 13.6 Å². The first-order chi connectivity index (χ1) is 17.7. The molecular formula is C27H28F2N4O4. The Morgan fingerprint density at radius 1 is 1.05 bits per heavy atom. The minimum absolute atomic E-state index is 0.174. The number of anilines is 1. The van der Waals surface area contributed by atoms with Crippen molar-refractivity contribution in [2.45, 2.75) is 69.5 Å². The van der Waals surface area contributed by atoms with Gasteiger partial charge >= 0.3 is 6.03 Å². The number of imide groups is 1. The molecule has 5 amide bonds. The number of rotatable bonds is 5. The van der Waals surface area contributed by atoms with Gasteiger partial charge in [0, 0.05) is 35.8 Å². The fourth-order valence-corrected chi connectivity index (χ4v) is 5.66. The minimum atomic E-state index is -0.713. The second kappa shape index (κ2) is 9.91. The van der Waals surface area contributed by atoms with Crippen LogP contribution in [0.2, 0.25) is 0 Å². The van der Waals surface area contributed by atoms with E-state index in [2.05, 4.69) is 16.0 Å². The molecule has 1 aliphatic carbocycles. The molecule has 0 aromatic heterocycles. The van der Waals surface area contributed by atoms with Crippen LogP contribution in [0.3, 0.4) is 0 Å². The second-order valence-corrected chi connectivity index (χ2v) is 10.1. The van der Waals surface area contributed by atoms with E-state index in [0.717, 1.165) is 25.3 Å². The summed E-state index contributed by atoms with van der Waals surface area (Å²) >= 11 is 0. The second-order valence-electron chi connectivity index (χ2n) is 10.1. The molecule has 10 heteroatoms. The zero-order chi connectivity index (χ0) is 26.2. The number of piperidine rings is 1. The zero-order valence-corrected chi connectivity index (χ0v) is 20.2. The van der Waals surface area contributed by atoms with Gasteiger partial charge < -0.3 is 15.5 Å². The van der Waals surface area contributed by atoms with Crippen molar-refractivity contribution in [1.29, 1.82) is 0 Å². The van der Waals surface area contributed by atoms with Crippen molar-refractivity contribution in [1.82, 2.24) is 15.5 Å². The van der Waals surface area contributed by atoms with Gasteiger partial charge in [-0.3, -0.25) is 19.7 Å². The maximum absolute atomic E-state index is 14.4. The Morgan fingerprint density at radius 3 is 2.57 bits per heavy atom. The third-order valence-electron chi connectivity index (χ3n) is 7.51. The molecule has 0 bridgehead atoms. The molecule has 1 saturated carbocycles. The summed E-state index contributed by atoms with van der Waals surface area (Å²) in [4.78, 5) is 51.1. The molecule has 2 aliphatic heterocycles. The van der Waals surface area contributed by atoms with Crippen LogP contribution in [0.5, 0.6) is 0 Å². The van der Waals surface area contributed by atoms with Gasteiger partial charge in [0.25, 0.3) is 5.91 Å². The average Bonchev–Trinajstić information content (AvgIpc) is 3.17. The molecular weight excluding hydrogens is 482 g/mol. The van der Waals surface area contributed by atoms with Crippen LogP contribution < -0.4 is 16.0 Å². The zero-order valence-electron chi connectivity index (χ0n) is 20.2. The van der Waals surface area contributed by atoms with Gasteiger partial charge in [0.15, 0.2) is 0 Å². The van der Waals surface area contributed by atoms with Crippen molar-refractivity contribution in [3.05, 3.63) is 64.7 Å². The van der Waals surface area contributed by atoms with E-state index in [4.69, 9.17) is 0 Å². The van der Waals surface area contributed by atoms with E-state index in [1.165, 1.54) is 17.0 Å². The standard InChI is InChI=1S/C27H28F2N4O4/c28-18-5-4-16(21(29)13-18)14-27(10-2-1-3-11-27)32-26(37)30-19-6-7-20-17(12-19)15-33(25(20)36)22-8-9-23(34)31-24(22)35/h4-7,12-13,22H,1-3,8-11,14-15H2,(H2,30,32,37)(H,31,34,35). The average molecular weight is 511 g/mol. The highest BCUT2D eigenvalue weighted by atomic mass is 19.1. The van der Waals surface area contributed by atoms with Crippen molar-refractivity contribution in [2.75, 3.05) is 5.32 Å². The predicted octanol–water partition coefficient (Wildman–Crippen LogP) is 3.79. The van der Waals surface area contributed by atoms with Crippen molar-refractivity contribution >= 4 is 29.4 Å². The SMILES string of the molecule is O=C1CCC(N2Cc3cc(NC(=O)NC4(Cc5ccc(F)cc5F)CCCCC4)ccc3C2=O)C(=O)N1. The number of nitrogens with zero attached hydrogens (tertiary/aromatic N) is 1. The quantitative estimate of drug-likeness (QED) is 0.532. The summed E-state index contributed by atoms with van der Waals surface area (Å²) in [5.41, 5.74) is 1.30. The van der Waals surface area contributed by atoms with E-state index in [0.29, 0.717) is 35.2 Å². The Balaban J connectivity index is 1.28. The van der Waals surface area contributed by atoms with Crippen LogP contribution in [0.15, 0.2) is 36.4 Å². The van der Waals surface area contributed by atoms with E-state index in [-0.39, 0.29) is 37.6 Å². The molecule has 8 nitrogen and oxygen atoms in total. The number of urea groups is 1. The van der Waals surface area contributed by atoms with Crippen molar-refractivity contribution < 1.29 is 28.0 Å².